The number of aliphatic hydroxyl groups is 1. The highest BCUT2D eigenvalue weighted by molar-refractivity contribution is 8.01. The maximum atomic E-state index is 13.3. The number of carbonyl (C=O) groups is 1. The molecule has 0 fully saturated rings. The molecule has 0 aliphatic heterocycles. The smallest absolute Gasteiger partial charge is 0.345 e. The van der Waals surface area contributed by atoms with Gasteiger partial charge in [-0.05, 0) is 30.3 Å². The van der Waals surface area contributed by atoms with Gasteiger partial charge in [0.05, 0.1) is 23.9 Å². The van der Waals surface area contributed by atoms with E-state index in [1.807, 2.05) is 18.2 Å². The number of thioether (sulfide) groups is 1. The minimum Gasteiger partial charge on any atom is -0.510 e. The summed E-state index contributed by atoms with van der Waals surface area (Å²) in [5, 5.41) is 22.1. The van der Waals surface area contributed by atoms with E-state index in [-0.39, 0.29) is 28.7 Å². The highest BCUT2D eigenvalue weighted by Crippen LogP contribution is 2.30. The number of ether oxygens (including phenoxy) is 1. The summed E-state index contributed by atoms with van der Waals surface area (Å²) in [5.41, 5.74) is 1.90. The number of fused-ring (bicyclic) bond motifs is 1. The lowest BCUT2D eigenvalue weighted by atomic mass is 10.2. The van der Waals surface area contributed by atoms with Crippen LogP contribution in [-0.4, -0.2) is 44.1 Å². The number of aromatic amines is 1. The van der Waals surface area contributed by atoms with Crippen LogP contribution in [0, 0.1) is 5.82 Å². The van der Waals surface area contributed by atoms with Crippen molar-refractivity contribution < 1.29 is 19.0 Å². The number of halogens is 1. The van der Waals surface area contributed by atoms with Gasteiger partial charge in [0, 0.05) is 5.69 Å². The second-order valence-corrected chi connectivity index (χ2v) is 8.41. The number of aromatic nitrogens is 4. The van der Waals surface area contributed by atoms with E-state index in [1.165, 1.54) is 42.3 Å². The molecule has 0 atom stereocenters. The van der Waals surface area contributed by atoms with Crippen molar-refractivity contribution in [2.24, 2.45) is 0 Å². The number of H-pyrrole nitrogens is 1. The third-order valence-electron chi connectivity index (χ3n) is 4.12. The lowest BCUT2D eigenvalue weighted by molar-refractivity contribution is -0.133. The lowest BCUT2D eigenvalue weighted by Crippen LogP contribution is -2.09. The zero-order chi connectivity index (χ0) is 21.8. The Bertz CT molecular complexity index is 1240. The van der Waals surface area contributed by atoms with Crippen molar-refractivity contribution in [1.29, 1.82) is 0 Å². The topological polar surface area (TPSA) is 113 Å². The van der Waals surface area contributed by atoms with Gasteiger partial charge in [-0.1, -0.05) is 41.3 Å². The molecule has 0 bridgehead atoms. The van der Waals surface area contributed by atoms with Crippen LogP contribution in [0.3, 0.4) is 0 Å². The summed E-state index contributed by atoms with van der Waals surface area (Å²) < 4.78 is 18.7. The Morgan fingerprint density at radius 3 is 2.87 bits per heavy atom. The molecule has 0 aliphatic carbocycles. The highest BCUT2D eigenvalue weighted by atomic mass is 32.2. The maximum Gasteiger partial charge on any atom is 0.345 e. The number of hydrogen-bond donors (Lipinski definition) is 3. The molecule has 0 spiro atoms. The molecule has 158 valence electrons. The fourth-order valence-corrected chi connectivity index (χ4v) is 4.38. The van der Waals surface area contributed by atoms with Crippen molar-refractivity contribution in [3.63, 3.8) is 0 Å². The van der Waals surface area contributed by atoms with Crippen LogP contribution >= 0.6 is 23.1 Å². The number of aliphatic hydroxyl groups excluding tert-OH is 1. The van der Waals surface area contributed by atoms with Crippen LogP contribution in [0.1, 0.15) is 5.82 Å². The summed E-state index contributed by atoms with van der Waals surface area (Å²) in [4.78, 5) is 19.7. The van der Waals surface area contributed by atoms with Gasteiger partial charge in [-0.15, -0.1) is 10.2 Å². The van der Waals surface area contributed by atoms with Gasteiger partial charge in [-0.3, -0.25) is 0 Å². The molecule has 8 nitrogen and oxygen atoms in total. The van der Waals surface area contributed by atoms with Gasteiger partial charge in [0.2, 0.25) is 5.13 Å². The first-order valence-electron chi connectivity index (χ1n) is 8.98. The van der Waals surface area contributed by atoms with Crippen LogP contribution in [0.25, 0.3) is 16.6 Å². The van der Waals surface area contributed by atoms with Gasteiger partial charge >= 0.3 is 5.97 Å². The van der Waals surface area contributed by atoms with Crippen molar-refractivity contribution in [3.8, 4) is 0 Å². The van der Waals surface area contributed by atoms with E-state index in [0.717, 1.165) is 5.52 Å². The quantitative estimate of drug-likeness (QED) is 0.161. The molecule has 0 saturated heterocycles. The third kappa shape index (κ3) is 4.84. The number of methoxy groups -OCH3 is 1. The maximum absolute atomic E-state index is 13.3. The number of imidazole rings is 1. The Morgan fingerprint density at radius 1 is 1.26 bits per heavy atom. The lowest BCUT2D eigenvalue weighted by Gasteiger charge is -2.06. The molecule has 0 amide bonds. The average Bonchev–Trinajstić information content (AvgIpc) is 3.38. The minimum absolute atomic E-state index is 0.0474. The van der Waals surface area contributed by atoms with Crippen LogP contribution in [0.15, 0.2) is 58.6 Å². The third-order valence-corrected chi connectivity index (χ3v) is 6.10. The first-order chi connectivity index (χ1) is 15.0. The van der Waals surface area contributed by atoms with Crippen molar-refractivity contribution in [2.75, 3.05) is 18.2 Å². The largest absolute Gasteiger partial charge is 0.510 e. The molecule has 2 heterocycles. The number of hydrogen-bond acceptors (Lipinski definition) is 9. The summed E-state index contributed by atoms with van der Waals surface area (Å²) in [6, 6.07) is 13.3. The van der Waals surface area contributed by atoms with Gasteiger partial charge in [-0.2, -0.15) is 0 Å². The Kier molecular flexibility index (Phi) is 6.14. The normalized spacial score (nSPS) is 11.9. The first kappa shape index (κ1) is 20.8. The average molecular weight is 458 g/mol. The van der Waals surface area contributed by atoms with E-state index in [0.29, 0.717) is 20.7 Å². The fourth-order valence-electron chi connectivity index (χ4n) is 2.74. The van der Waals surface area contributed by atoms with Crippen LogP contribution in [0.2, 0.25) is 0 Å². The van der Waals surface area contributed by atoms with Crippen molar-refractivity contribution in [2.45, 2.75) is 4.34 Å². The van der Waals surface area contributed by atoms with E-state index in [9.17, 15) is 14.3 Å². The van der Waals surface area contributed by atoms with Crippen molar-refractivity contribution >= 4 is 56.5 Å². The highest BCUT2D eigenvalue weighted by Gasteiger charge is 2.22. The second-order valence-electron chi connectivity index (χ2n) is 6.21. The van der Waals surface area contributed by atoms with Gasteiger partial charge in [0.15, 0.2) is 4.34 Å². The molecule has 0 unspecified atom stereocenters. The molecule has 3 N–H and O–H groups in total. The summed E-state index contributed by atoms with van der Waals surface area (Å²) >= 11 is 2.43. The van der Waals surface area contributed by atoms with Crippen LogP contribution in [-0.2, 0) is 9.53 Å². The summed E-state index contributed by atoms with van der Waals surface area (Å²) in [6.45, 7) is 0. The zero-order valence-electron chi connectivity index (χ0n) is 16.1. The predicted molar refractivity (Wildman–Crippen MR) is 118 cm³/mol. The van der Waals surface area contributed by atoms with Crippen molar-refractivity contribution in [3.05, 3.63) is 65.9 Å². The number of benzene rings is 2. The molecule has 2 aromatic carbocycles. The zero-order valence-corrected chi connectivity index (χ0v) is 17.8. The number of para-hydroxylation sites is 2. The fraction of sp³-hybridized carbons (Fsp3) is 0.100. The number of nitrogens with zero attached hydrogens (tertiary/aromatic N) is 3. The first-order valence-corrected chi connectivity index (χ1v) is 10.8. The number of rotatable bonds is 7. The molecule has 0 aliphatic rings. The number of carbonyl (C=O) groups excluding carboxylic acids is 1. The number of esters is 1. The Morgan fingerprint density at radius 2 is 2.10 bits per heavy atom. The second kappa shape index (κ2) is 9.14. The predicted octanol–water partition coefficient (Wildman–Crippen LogP) is 4.53. The molecular weight excluding hydrogens is 441 g/mol. The molecule has 0 saturated carbocycles. The van der Waals surface area contributed by atoms with E-state index in [2.05, 4.69) is 25.5 Å². The minimum atomic E-state index is -0.706. The molecule has 2 aromatic heterocycles. The summed E-state index contributed by atoms with van der Waals surface area (Å²) in [6.07, 6.45) is 0. The van der Waals surface area contributed by atoms with E-state index < -0.39 is 5.97 Å². The van der Waals surface area contributed by atoms with Crippen LogP contribution < -0.4 is 5.32 Å². The van der Waals surface area contributed by atoms with E-state index in [1.54, 1.807) is 18.2 Å². The van der Waals surface area contributed by atoms with Crippen molar-refractivity contribution in [1.82, 2.24) is 20.2 Å². The number of anilines is 2. The summed E-state index contributed by atoms with van der Waals surface area (Å²) in [7, 11) is 1.24. The molecule has 11 heteroatoms. The van der Waals surface area contributed by atoms with E-state index >= 15 is 0 Å². The van der Waals surface area contributed by atoms with Crippen LogP contribution in [0.5, 0.6) is 0 Å². The summed E-state index contributed by atoms with van der Waals surface area (Å²) in [5.74, 6) is -0.999. The molecule has 4 aromatic rings. The van der Waals surface area contributed by atoms with E-state index in [4.69, 9.17) is 4.74 Å². The van der Waals surface area contributed by atoms with Gasteiger partial charge in [0.1, 0.15) is 23.0 Å². The van der Waals surface area contributed by atoms with Crippen LogP contribution in [0.4, 0.5) is 15.2 Å². The van der Waals surface area contributed by atoms with Gasteiger partial charge in [-0.25, -0.2) is 14.2 Å². The number of nitrogens with one attached hydrogen (secondary N) is 2. The molecule has 0 radical (unpaired) electrons. The standard InChI is InChI=1S/C20H16FN5O3S2/c1-29-18(28)16(17-23-13-7-2-3-8-14(13)24-17)15(27)10-30-20-26-25-19(31-20)22-12-6-4-5-11(21)9-12/h2-9,27H,10H2,1H3,(H,22,25)(H,23,24)/b16-15+. The Hall–Kier alpha value is -3.44. The molecular formula is C20H16FN5O3S2. The molecule has 31 heavy (non-hydrogen) atoms. The monoisotopic (exact) mass is 457 g/mol. The molecule has 4 rings (SSSR count). The Balaban J connectivity index is 1.51. The van der Waals surface area contributed by atoms with Gasteiger partial charge < -0.3 is 20.1 Å². The van der Waals surface area contributed by atoms with Gasteiger partial charge in [0.25, 0.3) is 0 Å². The Labute approximate surface area is 184 Å². The SMILES string of the molecule is COC(=O)/C(=C(/O)CSc1nnc(Nc2cccc(F)c2)s1)c1nc2ccccc2[nH]1.